The molecule has 0 aliphatic carbocycles. The fourth-order valence-corrected chi connectivity index (χ4v) is 1.82. The van der Waals surface area contributed by atoms with E-state index in [1.807, 2.05) is 26.4 Å². The van der Waals surface area contributed by atoms with E-state index in [-0.39, 0.29) is 0 Å². The molecule has 0 aromatic carbocycles. The number of nitrogens with zero attached hydrogens (tertiary/aromatic N) is 3. The zero-order chi connectivity index (χ0) is 11.5. The number of fused-ring (bicyclic) bond motifs is 1. The largest absolute Gasteiger partial charge is 0.387 e. The predicted octanol–water partition coefficient (Wildman–Crippen LogP) is 2.35. The first kappa shape index (κ1) is 10.9. The first-order chi connectivity index (χ1) is 7.76. The van der Waals surface area contributed by atoms with Crippen LogP contribution < -0.4 is 5.32 Å². The summed E-state index contributed by atoms with van der Waals surface area (Å²) in [5.74, 6) is 1.12. The molecule has 0 fully saturated rings. The fourth-order valence-electron chi connectivity index (χ4n) is 1.82. The molecule has 0 saturated carbocycles. The summed E-state index contributed by atoms with van der Waals surface area (Å²) in [6, 6.07) is 2.04. The molecule has 2 heterocycles. The van der Waals surface area contributed by atoms with Crippen LogP contribution in [0.25, 0.3) is 11.2 Å². The highest BCUT2D eigenvalue weighted by Gasteiger charge is 2.08. The molecule has 0 unspecified atom stereocenters. The lowest BCUT2D eigenvalue weighted by Crippen LogP contribution is -1.98. The van der Waals surface area contributed by atoms with Gasteiger partial charge in [0, 0.05) is 20.5 Å². The SMILES string of the molecule is CCCCc1nc2cc(NC)cnc2n1C. The quantitative estimate of drug-likeness (QED) is 0.856. The Labute approximate surface area is 95.7 Å². The predicted molar refractivity (Wildman–Crippen MR) is 66.7 cm³/mol. The average Bonchev–Trinajstić information content (AvgIpc) is 2.63. The molecule has 86 valence electrons. The summed E-state index contributed by atoms with van der Waals surface area (Å²) in [7, 11) is 3.93. The number of hydrogen-bond acceptors (Lipinski definition) is 3. The Hall–Kier alpha value is -1.58. The van der Waals surface area contributed by atoms with E-state index < -0.39 is 0 Å². The van der Waals surface area contributed by atoms with Gasteiger partial charge in [0.1, 0.15) is 11.3 Å². The second-order valence-electron chi connectivity index (χ2n) is 4.01. The third-order valence-corrected chi connectivity index (χ3v) is 2.84. The summed E-state index contributed by atoms with van der Waals surface area (Å²) >= 11 is 0. The summed E-state index contributed by atoms with van der Waals surface area (Å²) < 4.78 is 2.09. The highest BCUT2D eigenvalue weighted by molar-refractivity contribution is 5.75. The van der Waals surface area contributed by atoms with Gasteiger partial charge in [0.15, 0.2) is 5.65 Å². The topological polar surface area (TPSA) is 42.7 Å². The van der Waals surface area contributed by atoms with Crippen molar-refractivity contribution in [2.45, 2.75) is 26.2 Å². The molecule has 2 aromatic heterocycles. The third-order valence-electron chi connectivity index (χ3n) is 2.84. The Bertz CT molecular complexity index is 487. The van der Waals surface area contributed by atoms with Crippen LogP contribution in [0.3, 0.4) is 0 Å². The average molecular weight is 218 g/mol. The summed E-state index contributed by atoms with van der Waals surface area (Å²) in [5, 5.41) is 3.08. The Morgan fingerprint density at radius 1 is 1.44 bits per heavy atom. The molecule has 2 rings (SSSR count). The number of pyridine rings is 1. The minimum absolute atomic E-state index is 0.963. The van der Waals surface area contributed by atoms with Crippen molar-refractivity contribution in [1.82, 2.24) is 14.5 Å². The number of aromatic nitrogens is 3. The first-order valence-corrected chi connectivity index (χ1v) is 5.75. The Balaban J connectivity index is 2.41. The first-order valence-electron chi connectivity index (χ1n) is 5.75. The zero-order valence-corrected chi connectivity index (χ0v) is 10.1. The van der Waals surface area contributed by atoms with Gasteiger partial charge in [-0.05, 0) is 12.5 Å². The van der Waals surface area contributed by atoms with Gasteiger partial charge in [-0.3, -0.25) is 0 Å². The van der Waals surface area contributed by atoms with E-state index in [0.29, 0.717) is 0 Å². The molecule has 4 heteroatoms. The summed E-state index contributed by atoms with van der Waals surface area (Å²) in [6.45, 7) is 2.19. The number of nitrogens with one attached hydrogen (secondary N) is 1. The molecule has 0 aliphatic heterocycles. The minimum atomic E-state index is 0.963. The van der Waals surface area contributed by atoms with Gasteiger partial charge in [0.2, 0.25) is 0 Å². The molecule has 2 aromatic rings. The van der Waals surface area contributed by atoms with E-state index in [4.69, 9.17) is 0 Å². The lowest BCUT2D eigenvalue weighted by molar-refractivity contribution is 0.718. The second-order valence-corrected chi connectivity index (χ2v) is 4.01. The smallest absolute Gasteiger partial charge is 0.159 e. The van der Waals surface area contributed by atoms with Gasteiger partial charge in [-0.15, -0.1) is 0 Å². The number of hydrogen-bond donors (Lipinski definition) is 1. The Morgan fingerprint density at radius 3 is 2.94 bits per heavy atom. The van der Waals surface area contributed by atoms with Gasteiger partial charge in [-0.2, -0.15) is 0 Å². The number of anilines is 1. The monoisotopic (exact) mass is 218 g/mol. The van der Waals surface area contributed by atoms with Crippen molar-refractivity contribution in [1.29, 1.82) is 0 Å². The highest BCUT2D eigenvalue weighted by Crippen LogP contribution is 2.17. The van der Waals surface area contributed by atoms with Gasteiger partial charge in [0.25, 0.3) is 0 Å². The standard InChI is InChI=1S/C12H18N4/c1-4-5-6-11-15-10-7-9(13-2)8-14-12(10)16(11)3/h7-8,13H,4-6H2,1-3H3. The lowest BCUT2D eigenvalue weighted by Gasteiger charge is -2.00. The van der Waals surface area contributed by atoms with E-state index in [1.165, 1.54) is 12.8 Å². The van der Waals surface area contributed by atoms with Crippen LogP contribution in [0.15, 0.2) is 12.3 Å². The van der Waals surface area contributed by atoms with Crippen molar-refractivity contribution in [2.75, 3.05) is 12.4 Å². The highest BCUT2D eigenvalue weighted by atomic mass is 15.1. The van der Waals surface area contributed by atoms with Gasteiger partial charge < -0.3 is 9.88 Å². The van der Waals surface area contributed by atoms with Crippen LogP contribution in [-0.2, 0) is 13.5 Å². The van der Waals surface area contributed by atoms with Crippen LogP contribution in [-0.4, -0.2) is 21.6 Å². The molecule has 0 aliphatic rings. The number of unbranched alkanes of at least 4 members (excludes halogenated alkanes) is 1. The molecule has 0 bridgehead atoms. The van der Waals surface area contributed by atoms with E-state index in [2.05, 4.69) is 26.8 Å². The molecule has 4 nitrogen and oxygen atoms in total. The van der Waals surface area contributed by atoms with Crippen LogP contribution >= 0.6 is 0 Å². The molecule has 0 amide bonds. The zero-order valence-electron chi connectivity index (χ0n) is 10.1. The van der Waals surface area contributed by atoms with Crippen molar-refractivity contribution in [3.8, 4) is 0 Å². The number of rotatable bonds is 4. The molecular formula is C12H18N4. The molecule has 0 saturated heterocycles. The molecule has 1 N–H and O–H groups in total. The molecule has 16 heavy (non-hydrogen) atoms. The van der Waals surface area contributed by atoms with Crippen molar-refractivity contribution < 1.29 is 0 Å². The molecule has 0 spiro atoms. The third kappa shape index (κ3) is 1.87. The molecule has 0 atom stereocenters. The van der Waals surface area contributed by atoms with Crippen LogP contribution in [0.5, 0.6) is 0 Å². The van der Waals surface area contributed by atoms with Gasteiger partial charge in [0.05, 0.1) is 11.9 Å². The maximum atomic E-state index is 4.62. The fraction of sp³-hybridized carbons (Fsp3) is 0.500. The van der Waals surface area contributed by atoms with E-state index >= 15 is 0 Å². The molecular weight excluding hydrogens is 200 g/mol. The number of imidazole rings is 1. The van der Waals surface area contributed by atoms with Crippen LogP contribution in [0, 0.1) is 0 Å². The van der Waals surface area contributed by atoms with Crippen molar-refractivity contribution in [3.05, 3.63) is 18.1 Å². The van der Waals surface area contributed by atoms with E-state index in [9.17, 15) is 0 Å². The van der Waals surface area contributed by atoms with Gasteiger partial charge in [-0.1, -0.05) is 13.3 Å². The normalized spacial score (nSPS) is 10.9. The van der Waals surface area contributed by atoms with E-state index in [1.54, 1.807) is 0 Å². The lowest BCUT2D eigenvalue weighted by atomic mass is 10.2. The van der Waals surface area contributed by atoms with Gasteiger partial charge >= 0.3 is 0 Å². The number of aryl methyl sites for hydroxylation is 2. The van der Waals surface area contributed by atoms with Crippen LogP contribution in [0.4, 0.5) is 5.69 Å². The van der Waals surface area contributed by atoms with Crippen molar-refractivity contribution in [3.63, 3.8) is 0 Å². The summed E-state index contributed by atoms with van der Waals surface area (Å²) in [4.78, 5) is 9.04. The minimum Gasteiger partial charge on any atom is -0.387 e. The van der Waals surface area contributed by atoms with Crippen molar-refractivity contribution >= 4 is 16.9 Å². The van der Waals surface area contributed by atoms with Crippen molar-refractivity contribution in [2.24, 2.45) is 7.05 Å². The molecule has 0 radical (unpaired) electrons. The van der Waals surface area contributed by atoms with Crippen LogP contribution in [0.1, 0.15) is 25.6 Å². The van der Waals surface area contributed by atoms with E-state index in [0.717, 1.165) is 29.1 Å². The van der Waals surface area contributed by atoms with Crippen LogP contribution in [0.2, 0.25) is 0 Å². The Morgan fingerprint density at radius 2 is 2.25 bits per heavy atom. The van der Waals surface area contributed by atoms with Gasteiger partial charge in [-0.25, -0.2) is 9.97 Å². The Kier molecular flexibility index (Phi) is 3.08. The maximum Gasteiger partial charge on any atom is 0.159 e. The summed E-state index contributed by atoms with van der Waals surface area (Å²) in [5.41, 5.74) is 2.94. The second kappa shape index (κ2) is 4.51. The summed E-state index contributed by atoms with van der Waals surface area (Å²) in [6.07, 6.45) is 5.24. The maximum absolute atomic E-state index is 4.62.